The fourth-order valence-electron chi connectivity index (χ4n) is 3.87. The fraction of sp³-hybridized carbons (Fsp3) is 0.435. The third kappa shape index (κ3) is 6.21. The number of amides is 1. The Bertz CT molecular complexity index is 1070. The van der Waals surface area contributed by atoms with E-state index in [-0.39, 0.29) is 35.3 Å². The summed E-state index contributed by atoms with van der Waals surface area (Å²) in [4.78, 5) is 12.5. The van der Waals surface area contributed by atoms with Crippen LogP contribution in [0.15, 0.2) is 47.4 Å². The number of ether oxygens (including phenoxy) is 3. The van der Waals surface area contributed by atoms with E-state index in [2.05, 4.69) is 10.0 Å². The van der Waals surface area contributed by atoms with Crippen molar-refractivity contribution < 1.29 is 31.8 Å². The molecule has 1 saturated heterocycles. The zero-order chi connectivity index (χ0) is 23.9. The van der Waals surface area contributed by atoms with Crippen LogP contribution in [-0.2, 0) is 25.0 Å². The molecule has 10 heteroatoms. The van der Waals surface area contributed by atoms with E-state index in [1.807, 2.05) is 6.07 Å². The SMILES string of the molecule is COc1ccc(S(=O)(=O)NCCC(=O)NCC2(c3cccc(F)c3)CCOCC2)cc1OC. The minimum atomic E-state index is -3.83. The van der Waals surface area contributed by atoms with E-state index < -0.39 is 15.4 Å². The molecule has 180 valence electrons. The zero-order valence-corrected chi connectivity index (χ0v) is 19.5. The number of methoxy groups -OCH3 is 2. The molecular formula is C23H29FN2O6S. The van der Waals surface area contributed by atoms with E-state index in [9.17, 15) is 17.6 Å². The highest BCUT2D eigenvalue weighted by Gasteiger charge is 2.35. The Labute approximate surface area is 193 Å². The van der Waals surface area contributed by atoms with Crippen LogP contribution < -0.4 is 19.5 Å². The molecule has 33 heavy (non-hydrogen) atoms. The van der Waals surface area contributed by atoms with Gasteiger partial charge in [-0.1, -0.05) is 12.1 Å². The average Bonchev–Trinajstić information content (AvgIpc) is 2.82. The fourth-order valence-corrected chi connectivity index (χ4v) is 4.92. The Balaban J connectivity index is 1.57. The van der Waals surface area contributed by atoms with Crippen molar-refractivity contribution in [1.29, 1.82) is 0 Å². The Morgan fingerprint density at radius 3 is 2.48 bits per heavy atom. The number of rotatable bonds is 10. The van der Waals surface area contributed by atoms with Crippen LogP contribution in [0, 0.1) is 5.82 Å². The van der Waals surface area contributed by atoms with Crippen molar-refractivity contribution in [2.24, 2.45) is 0 Å². The van der Waals surface area contributed by atoms with Crippen molar-refractivity contribution >= 4 is 15.9 Å². The number of sulfonamides is 1. The quantitative estimate of drug-likeness (QED) is 0.541. The topological polar surface area (TPSA) is 103 Å². The molecule has 0 saturated carbocycles. The van der Waals surface area contributed by atoms with E-state index in [1.54, 1.807) is 6.07 Å². The van der Waals surface area contributed by atoms with E-state index >= 15 is 0 Å². The van der Waals surface area contributed by atoms with E-state index in [0.29, 0.717) is 38.3 Å². The van der Waals surface area contributed by atoms with Crippen LogP contribution in [0.4, 0.5) is 4.39 Å². The number of hydrogen-bond acceptors (Lipinski definition) is 6. The molecule has 2 aromatic rings. The zero-order valence-electron chi connectivity index (χ0n) is 18.7. The second-order valence-electron chi connectivity index (χ2n) is 7.84. The molecule has 1 amide bonds. The second kappa shape index (κ2) is 11.0. The van der Waals surface area contributed by atoms with Gasteiger partial charge in [-0.25, -0.2) is 17.5 Å². The first-order chi connectivity index (χ1) is 15.8. The van der Waals surface area contributed by atoms with Crippen LogP contribution in [0.5, 0.6) is 11.5 Å². The van der Waals surface area contributed by atoms with Crippen molar-refractivity contribution in [3.8, 4) is 11.5 Å². The molecule has 0 bridgehead atoms. The summed E-state index contributed by atoms with van der Waals surface area (Å²) < 4.78 is 57.1. The highest BCUT2D eigenvalue weighted by atomic mass is 32.2. The number of halogens is 1. The van der Waals surface area contributed by atoms with Gasteiger partial charge in [0.1, 0.15) is 5.82 Å². The smallest absolute Gasteiger partial charge is 0.240 e. The number of carbonyl (C=O) groups excluding carboxylic acids is 1. The van der Waals surface area contributed by atoms with Crippen LogP contribution in [0.2, 0.25) is 0 Å². The summed E-state index contributed by atoms with van der Waals surface area (Å²) in [5.41, 5.74) is 0.398. The summed E-state index contributed by atoms with van der Waals surface area (Å²) in [7, 11) is -0.955. The molecular weight excluding hydrogens is 451 g/mol. The van der Waals surface area contributed by atoms with Gasteiger partial charge in [-0.05, 0) is 42.7 Å². The van der Waals surface area contributed by atoms with Gasteiger partial charge in [-0.2, -0.15) is 0 Å². The van der Waals surface area contributed by atoms with Crippen molar-refractivity contribution in [3.05, 3.63) is 53.8 Å². The highest BCUT2D eigenvalue weighted by molar-refractivity contribution is 7.89. The first-order valence-corrected chi connectivity index (χ1v) is 12.1. The molecule has 0 unspecified atom stereocenters. The Kier molecular flexibility index (Phi) is 8.28. The van der Waals surface area contributed by atoms with Crippen LogP contribution in [0.25, 0.3) is 0 Å². The summed E-state index contributed by atoms with van der Waals surface area (Å²) in [6.07, 6.45) is 1.27. The standard InChI is InChI=1S/C23H29FN2O6S/c1-30-20-7-6-19(15-21(20)31-2)33(28,29)26-11-8-22(27)25-16-23(9-12-32-13-10-23)17-4-3-5-18(24)14-17/h3-7,14-15,26H,8-13,16H2,1-2H3,(H,25,27). The highest BCUT2D eigenvalue weighted by Crippen LogP contribution is 2.34. The van der Waals surface area contributed by atoms with Crippen molar-refractivity contribution in [2.75, 3.05) is 40.5 Å². The number of carbonyl (C=O) groups is 1. The van der Waals surface area contributed by atoms with Crippen LogP contribution in [-0.4, -0.2) is 54.8 Å². The molecule has 2 aromatic carbocycles. The normalized spacial score (nSPS) is 15.6. The minimum absolute atomic E-state index is 0.00724. The molecule has 0 aliphatic carbocycles. The lowest BCUT2D eigenvalue weighted by Gasteiger charge is -2.38. The van der Waals surface area contributed by atoms with Gasteiger partial charge in [0.2, 0.25) is 15.9 Å². The van der Waals surface area contributed by atoms with Gasteiger partial charge in [-0.15, -0.1) is 0 Å². The lowest BCUT2D eigenvalue weighted by molar-refractivity contribution is -0.121. The maximum atomic E-state index is 13.8. The monoisotopic (exact) mass is 480 g/mol. The Morgan fingerprint density at radius 1 is 1.09 bits per heavy atom. The molecule has 3 rings (SSSR count). The number of nitrogens with one attached hydrogen (secondary N) is 2. The van der Waals surface area contributed by atoms with Crippen molar-refractivity contribution in [1.82, 2.24) is 10.0 Å². The molecule has 0 radical (unpaired) electrons. The summed E-state index contributed by atoms with van der Waals surface area (Å²) >= 11 is 0. The molecule has 1 aliphatic heterocycles. The first-order valence-electron chi connectivity index (χ1n) is 10.6. The third-order valence-electron chi connectivity index (χ3n) is 5.82. The van der Waals surface area contributed by atoms with E-state index in [4.69, 9.17) is 14.2 Å². The summed E-state index contributed by atoms with van der Waals surface area (Å²) in [6, 6.07) is 10.7. The molecule has 0 atom stereocenters. The maximum absolute atomic E-state index is 13.8. The number of benzene rings is 2. The molecule has 1 heterocycles. The van der Waals surface area contributed by atoms with Crippen molar-refractivity contribution in [2.45, 2.75) is 29.6 Å². The van der Waals surface area contributed by atoms with Gasteiger partial charge in [-0.3, -0.25) is 4.79 Å². The second-order valence-corrected chi connectivity index (χ2v) is 9.61. The van der Waals surface area contributed by atoms with Gasteiger partial charge < -0.3 is 19.5 Å². The lowest BCUT2D eigenvalue weighted by Crippen LogP contribution is -2.45. The van der Waals surface area contributed by atoms with E-state index in [0.717, 1.165) is 5.56 Å². The molecule has 2 N–H and O–H groups in total. The minimum Gasteiger partial charge on any atom is -0.493 e. The Hall–Kier alpha value is -2.69. The van der Waals surface area contributed by atoms with Gasteiger partial charge in [0, 0.05) is 44.2 Å². The van der Waals surface area contributed by atoms with Crippen LogP contribution in [0.3, 0.4) is 0 Å². The molecule has 0 aromatic heterocycles. The number of hydrogen-bond donors (Lipinski definition) is 2. The van der Waals surface area contributed by atoms with Gasteiger partial charge in [0.15, 0.2) is 11.5 Å². The molecule has 1 fully saturated rings. The Morgan fingerprint density at radius 2 is 1.82 bits per heavy atom. The molecule has 1 aliphatic rings. The third-order valence-corrected chi connectivity index (χ3v) is 7.28. The summed E-state index contributed by atoms with van der Waals surface area (Å²) in [6.45, 7) is 1.30. The summed E-state index contributed by atoms with van der Waals surface area (Å²) in [5, 5.41) is 2.88. The van der Waals surface area contributed by atoms with E-state index in [1.165, 1.54) is 44.6 Å². The van der Waals surface area contributed by atoms with Gasteiger partial charge in [0.25, 0.3) is 0 Å². The molecule has 8 nitrogen and oxygen atoms in total. The van der Waals surface area contributed by atoms with Crippen molar-refractivity contribution in [3.63, 3.8) is 0 Å². The van der Waals surface area contributed by atoms with Crippen LogP contribution in [0.1, 0.15) is 24.8 Å². The predicted octanol–water partition coefficient (Wildman–Crippen LogP) is 2.38. The average molecular weight is 481 g/mol. The predicted molar refractivity (Wildman–Crippen MR) is 120 cm³/mol. The summed E-state index contributed by atoms with van der Waals surface area (Å²) in [5.74, 6) is 0.0786. The first kappa shape index (κ1) is 24.9. The lowest BCUT2D eigenvalue weighted by atomic mass is 9.74. The van der Waals surface area contributed by atoms with Gasteiger partial charge >= 0.3 is 0 Å². The van der Waals surface area contributed by atoms with Gasteiger partial charge in [0.05, 0.1) is 19.1 Å². The maximum Gasteiger partial charge on any atom is 0.240 e. The largest absolute Gasteiger partial charge is 0.493 e. The molecule has 0 spiro atoms. The van der Waals surface area contributed by atoms with Crippen LogP contribution >= 0.6 is 0 Å².